The summed E-state index contributed by atoms with van der Waals surface area (Å²) in [5.41, 5.74) is 0. The van der Waals surface area contributed by atoms with Gasteiger partial charge < -0.3 is 23.8 Å². The first-order valence-electron chi connectivity index (χ1n) is 24.3. The molecule has 0 aromatic heterocycles. The van der Waals surface area contributed by atoms with E-state index in [1.165, 1.54) is 96.3 Å². The summed E-state index contributed by atoms with van der Waals surface area (Å²) in [7, 11) is 5.52. The number of allylic oxidation sites excluding steroid dienone is 10. The van der Waals surface area contributed by atoms with Gasteiger partial charge in [-0.3, -0.25) is 9.59 Å². The third-order valence-corrected chi connectivity index (χ3v) is 10.7. The molecule has 346 valence electrons. The van der Waals surface area contributed by atoms with Crippen molar-refractivity contribution in [2.75, 3.05) is 41.0 Å². The zero-order chi connectivity index (χ0) is 44.2. The molecule has 0 aliphatic carbocycles. The molecule has 0 spiro atoms. The van der Waals surface area contributed by atoms with Gasteiger partial charge in [0.25, 0.3) is 0 Å². The van der Waals surface area contributed by atoms with Crippen LogP contribution in [0.3, 0.4) is 0 Å². The van der Waals surface area contributed by atoms with E-state index in [1.54, 1.807) is 0 Å². The van der Waals surface area contributed by atoms with Crippen LogP contribution < -0.4 is 0 Å². The van der Waals surface area contributed by atoms with Gasteiger partial charge in [-0.15, -0.1) is 0 Å². The Bertz CT molecular complexity index is 1170. The van der Waals surface area contributed by atoms with Crippen molar-refractivity contribution in [3.8, 4) is 0 Å². The summed E-state index contributed by atoms with van der Waals surface area (Å²) in [5.74, 6) is -1.48. The molecular weight excluding hydrogens is 751 g/mol. The first kappa shape index (κ1) is 57.0. The Labute approximate surface area is 368 Å². The first-order valence-corrected chi connectivity index (χ1v) is 24.3. The third kappa shape index (κ3) is 40.4. The molecule has 0 aromatic carbocycles. The van der Waals surface area contributed by atoms with Crippen molar-refractivity contribution in [1.29, 1.82) is 0 Å². The molecule has 2 unspecified atom stereocenters. The Morgan fingerprint density at radius 2 is 0.933 bits per heavy atom. The molecule has 60 heavy (non-hydrogen) atoms. The van der Waals surface area contributed by atoms with E-state index in [0.717, 1.165) is 70.6 Å². The largest absolute Gasteiger partial charge is 0.477 e. The van der Waals surface area contributed by atoms with Crippen LogP contribution in [-0.2, 0) is 28.6 Å². The average Bonchev–Trinajstić information content (AvgIpc) is 3.21. The summed E-state index contributed by atoms with van der Waals surface area (Å²) < 4.78 is 17.3. The van der Waals surface area contributed by atoms with Crippen LogP contribution in [0.5, 0.6) is 0 Å². The number of hydrogen-bond acceptors (Lipinski definition) is 6. The summed E-state index contributed by atoms with van der Waals surface area (Å²) in [6, 6.07) is -0.619. The van der Waals surface area contributed by atoms with Crippen LogP contribution in [-0.4, -0.2) is 80.6 Å². The SMILES string of the molecule is CC/C=C\C/C=C\C/C=C\CCCCCCCCCC(=O)OC(COCCC(C(=O)O)[N+](C)(C)C)COC(=O)CCCCCCCCCCC/C=C\C/C=C\CCCCC. The highest BCUT2D eigenvalue weighted by Crippen LogP contribution is 2.15. The number of quaternary nitrogens is 1. The zero-order valence-electron chi connectivity index (χ0n) is 39.4. The van der Waals surface area contributed by atoms with Crippen molar-refractivity contribution < 1.29 is 38.2 Å². The second-order valence-electron chi connectivity index (χ2n) is 17.3. The zero-order valence-corrected chi connectivity index (χ0v) is 39.4. The number of aliphatic carboxylic acids is 1. The Balaban J connectivity index is 4.30. The Hall–Kier alpha value is -2.97. The molecule has 0 saturated heterocycles. The number of hydrogen-bond donors (Lipinski definition) is 1. The van der Waals surface area contributed by atoms with Gasteiger partial charge in [0.05, 0.1) is 34.4 Å². The minimum Gasteiger partial charge on any atom is -0.477 e. The minimum absolute atomic E-state index is 0.0542. The molecule has 0 saturated carbocycles. The van der Waals surface area contributed by atoms with Gasteiger partial charge in [0, 0.05) is 19.3 Å². The quantitative estimate of drug-likeness (QED) is 0.0282. The molecule has 0 bridgehead atoms. The van der Waals surface area contributed by atoms with E-state index >= 15 is 0 Å². The van der Waals surface area contributed by atoms with Crippen molar-refractivity contribution in [3.63, 3.8) is 0 Å². The second kappa shape index (κ2) is 42.7. The molecule has 1 N–H and O–H groups in total. The van der Waals surface area contributed by atoms with E-state index in [4.69, 9.17) is 14.2 Å². The van der Waals surface area contributed by atoms with Gasteiger partial charge in [-0.1, -0.05) is 164 Å². The number of carboxylic acids is 1. The lowest BCUT2D eigenvalue weighted by atomic mass is 10.1. The maximum Gasteiger partial charge on any atom is 0.362 e. The molecule has 2 atom stereocenters. The van der Waals surface area contributed by atoms with E-state index in [9.17, 15) is 19.5 Å². The van der Waals surface area contributed by atoms with E-state index in [1.807, 2.05) is 21.1 Å². The van der Waals surface area contributed by atoms with Gasteiger partial charge in [0.15, 0.2) is 12.1 Å². The van der Waals surface area contributed by atoms with E-state index in [0.29, 0.717) is 19.3 Å². The Morgan fingerprint density at radius 3 is 1.38 bits per heavy atom. The Morgan fingerprint density at radius 1 is 0.517 bits per heavy atom. The maximum atomic E-state index is 12.8. The molecule has 8 heteroatoms. The van der Waals surface area contributed by atoms with Gasteiger partial charge in [0.1, 0.15) is 6.61 Å². The van der Waals surface area contributed by atoms with E-state index < -0.39 is 18.1 Å². The fourth-order valence-corrected chi connectivity index (χ4v) is 6.90. The van der Waals surface area contributed by atoms with Gasteiger partial charge in [-0.05, 0) is 77.0 Å². The predicted molar refractivity (Wildman–Crippen MR) is 252 cm³/mol. The van der Waals surface area contributed by atoms with Crippen LogP contribution in [0.15, 0.2) is 60.8 Å². The molecule has 0 heterocycles. The molecule has 0 amide bonds. The van der Waals surface area contributed by atoms with Crippen LogP contribution in [0.25, 0.3) is 0 Å². The lowest BCUT2D eigenvalue weighted by molar-refractivity contribution is -0.887. The van der Waals surface area contributed by atoms with Gasteiger partial charge in [0.2, 0.25) is 0 Å². The lowest BCUT2D eigenvalue weighted by Gasteiger charge is -2.31. The molecule has 0 aliphatic rings. The van der Waals surface area contributed by atoms with E-state index in [2.05, 4.69) is 74.6 Å². The fourth-order valence-electron chi connectivity index (χ4n) is 6.90. The molecule has 0 aliphatic heterocycles. The highest BCUT2D eigenvalue weighted by molar-refractivity contribution is 5.72. The number of esters is 2. The first-order chi connectivity index (χ1) is 29.1. The van der Waals surface area contributed by atoms with Crippen molar-refractivity contribution in [2.45, 2.75) is 212 Å². The normalized spacial score (nSPS) is 13.4. The Kier molecular flexibility index (Phi) is 40.6. The van der Waals surface area contributed by atoms with Gasteiger partial charge in [-0.2, -0.15) is 0 Å². The van der Waals surface area contributed by atoms with Crippen molar-refractivity contribution in [2.24, 2.45) is 0 Å². The average molecular weight is 843 g/mol. The molecule has 0 aromatic rings. The number of carboxylic acid groups (broad SMARTS) is 1. The maximum absolute atomic E-state index is 12.8. The topological polar surface area (TPSA) is 99.1 Å². The van der Waals surface area contributed by atoms with Gasteiger partial charge in [-0.25, -0.2) is 4.79 Å². The van der Waals surface area contributed by atoms with Crippen LogP contribution >= 0.6 is 0 Å². The summed E-state index contributed by atoms with van der Waals surface area (Å²) in [4.78, 5) is 37.1. The molecule has 0 fully saturated rings. The van der Waals surface area contributed by atoms with Crippen LogP contribution in [0.1, 0.15) is 200 Å². The highest BCUT2D eigenvalue weighted by atomic mass is 16.6. The van der Waals surface area contributed by atoms with E-state index in [-0.39, 0.29) is 36.2 Å². The summed E-state index contributed by atoms with van der Waals surface area (Å²) >= 11 is 0. The van der Waals surface area contributed by atoms with Crippen LogP contribution in [0.4, 0.5) is 0 Å². The third-order valence-electron chi connectivity index (χ3n) is 10.7. The number of rotatable bonds is 43. The standard InChI is InChI=1S/C52H91NO7/c1-6-8-10-12-14-16-18-20-22-24-25-27-28-30-32-34-36-38-40-42-50(54)59-47-48(46-58-45-44-49(52(56)57)53(3,4)5)60-51(55)43-41-39-37-35-33-31-29-26-23-21-19-17-15-13-11-9-7-2/h9,11,14-17,20-23,48-49H,6-8,10,12-13,18-19,24-47H2,1-5H3/p+1/b11-9-,16-14-,17-15-,22-20-,23-21-. The predicted octanol–water partition coefficient (Wildman–Crippen LogP) is 13.8. The lowest BCUT2D eigenvalue weighted by Crippen LogP contribution is -2.50. The smallest absolute Gasteiger partial charge is 0.362 e. The summed E-state index contributed by atoms with van der Waals surface area (Å²) in [6.45, 7) is 4.59. The molecular formula is C52H92NO7+. The molecule has 0 radical (unpaired) electrons. The molecule has 0 rings (SSSR count). The van der Waals surface area contributed by atoms with Crippen molar-refractivity contribution in [1.82, 2.24) is 0 Å². The summed E-state index contributed by atoms with van der Waals surface area (Å²) in [6.07, 6.45) is 52.6. The monoisotopic (exact) mass is 843 g/mol. The molecule has 8 nitrogen and oxygen atoms in total. The summed E-state index contributed by atoms with van der Waals surface area (Å²) in [5, 5.41) is 9.64. The number of unbranched alkanes of at least 4 members (excludes halogenated alkanes) is 19. The fraction of sp³-hybridized carbons (Fsp3) is 0.750. The minimum atomic E-state index is -0.878. The number of likely N-dealkylation sites (N-methyl/N-ethyl adjacent to an activating group) is 1. The van der Waals surface area contributed by atoms with Crippen LogP contribution in [0.2, 0.25) is 0 Å². The number of nitrogens with zero attached hydrogens (tertiary/aromatic N) is 1. The number of ether oxygens (including phenoxy) is 3. The van der Waals surface area contributed by atoms with Crippen LogP contribution in [0, 0.1) is 0 Å². The number of carbonyl (C=O) groups is 3. The van der Waals surface area contributed by atoms with Gasteiger partial charge >= 0.3 is 17.9 Å². The van der Waals surface area contributed by atoms with Crippen molar-refractivity contribution >= 4 is 17.9 Å². The van der Waals surface area contributed by atoms with Crippen molar-refractivity contribution in [3.05, 3.63) is 60.8 Å². The second-order valence-corrected chi connectivity index (χ2v) is 17.3. The number of carbonyl (C=O) groups excluding carboxylic acids is 2. The highest BCUT2D eigenvalue weighted by Gasteiger charge is 2.31.